The molecule has 2 aliphatic rings. The Bertz CT molecular complexity index is 694. The molecule has 0 radical (unpaired) electrons. The summed E-state index contributed by atoms with van der Waals surface area (Å²) >= 11 is 0. The van der Waals surface area contributed by atoms with Crippen molar-refractivity contribution in [1.29, 1.82) is 0 Å². The van der Waals surface area contributed by atoms with Crippen molar-refractivity contribution in [2.45, 2.75) is 205 Å². The molecule has 0 aromatic rings. The number of ether oxygens (including phenoxy) is 2. The Kier molecular flexibility index (Phi) is 20.0. The summed E-state index contributed by atoms with van der Waals surface area (Å²) in [5.74, 6) is -0.280. The average molecular weight is 581 g/mol. The molecule has 41 heavy (non-hydrogen) atoms. The van der Waals surface area contributed by atoms with Gasteiger partial charge in [0.05, 0.1) is 30.5 Å². The number of aliphatic hydroxyl groups excluding tert-OH is 3. The van der Waals surface area contributed by atoms with E-state index in [1.165, 1.54) is 83.5 Å². The maximum atomic E-state index is 11.6. The second-order valence-corrected chi connectivity index (χ2v) is 13.0. The van der Waals surface area contributed by atoms with Gasteiger partial charge in [0.2, 0.25) is 0 Å². The predicted octanol–water partition coefficient (Wildman–Crippen LogP) is 8.09. The predicted molar refractivity (Wildman–Crippen MR) is 167 cm³/mol. The van der Waals surface area contributed by atoms with Gasteiger partial charge in [0.25, 0.3) is 0 Å². The zero-order valence-corrected chi connectivity index (χ0v) is 26.6. The third-order valence-electron chi connectivity index (χ3n) is 9.03. The maximum Gasteiger partial charge on any atom is 0.334 e. The minimum Gasteiger partial charge on any atom is -0.455 e. The SMILES string of the molecule is CCCCCCCCCCCC[C@@H](O)[C@H]1CC[C@H]([C@H](O)CCCCCCCCCC[C@@H](O)CC2=C[C@H](C)OC2=O)O1. The van der Waals surface area contributed by atoms with Crippen molar-refractivity contribution in [3.63, 3.8) is 0 Å². The molecule has 0 spiro atoms. The molecule has 6 nitrogen and oxygen atoms in total. The van der Waals surface area contributed by atoms with Crippen LogP contribution in [0.15, 0.2) is 11.6 Å². The highest BCUT2D eigenvalue weighted by Crippen LogP contribution is 2.28. The van der Waals surface area contributed by atoms with Gasteiger partial charge in [-0.25, -0.2) is 4.79 Å². The Morgan fingerprint density at radius 2 is 1.10 bits per heavy atom. The summed E-state index contributed by atoms with van der Waals surface area (Å²) in [6, 6.07) is 0. The fourth-order valence-corrected chi connectivity index (χ4v) is 6.40. The second-order valence-electron chi connectivity index (χ2n) is 13.0. The number of hydrogen-bond acceptors (Lipinski definition) is 6. The molecule has 6 atom stereocenters. The fourth-order valence-electron chi connectivity index (χ4n) is 6.40. The lowest BCUT2D eigenvalue weighted by molar-refractivity contribution is -0.139. The van der Waals surface area contributed by atoms with Crippen LogP contribution in [0.2, 0.25) is 0 Å². The minimum atomic E-state index is -0.461. The highest BCUT2D eigenvalue weighted by Gasteiger charge is 2.34. The molecule has 0 amide bonds. The van der Waals surface area contributed by atoms with Gasteiger partial charge in [-0.3, -0.25) is 0 Å². The molecule has 1 fully saturated rings. The molecule has 1 saturated heterocycles. The number of aliphatic hydroxyl groups is 3. The number of carbonyl (C=O) groups excluding carboxylic acids is 1. The molecule has 0 unspecified atom stereocenters. The topological polar surface area (TPSA) is 96.2 Å². The molecule has 0 aromatic carbocycles. The van der Waals surface area contributed by atoms with E-state index in [4.69, 9.17) is 9.47 Å². The lowest BCUT2D eigenvalue weighted by Gasteiger charge is -2.22. The Labute approximate surface area is 251 Å². The van der Waals surface area contributed by atoms with E-state index in [0.717, 1.165) is 64.2 Å². The van der Waals surface area contributed by atoms with Crippen LogP contribution in [0.3, 0.4) is 0 Å². The number of rotatable bonds is 26. The molecule has 2 aliphatic heterocycles. The van der Waals surface area contributed by atoms with E-state index in [1.807, 2.05) is 13.0 Å². The Morgan fingerprint density at radius 1 is 0.683 bits per heavy atom. The summed E-state index contributed by atoms with van der Waals surface area (Å²) in [7, 11) is 0. The van der Waals surface area contributed by atoms with Gasteiger partial charge in [-0.1, -0.05) is 122 Å². The summed E-state index contributed by atoms with van der Waals surface area (Å²) in [6.07, 6.45) is 26.7. The zero-order valence-electron chi connectivity index (χ0n) is 26.6. The van der Waals surface area contributed by atoms with Crippen LogP contribution in [-0.2, 0) is 14.3 Å². The van der Waals surface area contributed by atoms with Crippen LogP contribution >= 0.6 is 0 Å². The fraction of sp³-hybridized carbons (Fsp3) is 0.914. The molecule has 6 heteroatoms. The van der Waals surface area contributed by atoms with E-state index >= 15 is 0 Å². The monoisotopic (exact) mass is 580 g/mol. The summed E-state index contributed by atoms with van der Waals surface area (Å²) in [5, 5.41) is 31.4. The van der Waals surface area contributed by atoms with Crippen LogP contribution in [0, 0.1) is 0 Å². The van der Waals surface area contributed by atoms with Gasteiger partial charge in [0.15, 0.2) is 0 Å². The van der Waals surface area contributed by atoms with Crippen molar-refractivity contribution in [2.75, 3.05) is 0 Å². The zero-order chi connectivity index (χ0) is 29.7. The van der Waals surface area contributed by atoms with Crippen molar-refractivity contribution in [3.05, 3.63) is 11.6 Å². The standard InChI is InChI=1S/C35H64O6/c1-3-4-5-6-7-8-9-13-16-19-22-31(37)33-24-25-34(41-33)32(38)23-20-17-14-11-10-12-15-18-21-30(36)27-29-26-28(2)40-35(29)39/h26,28,30-34,36-38H,3-25,27H2,1-2H3/t28-,30+,31+,32+,33+,34+/m0/s1. The summed E-state index contributed by atoms with van der Waals surface area (Å²) in [6.45, 7) is 4.10. The lowest BCUT2D eigenvalue weighted by Crippen LogP contribution is -2.31. The largest absolute Gasteiger partial charge is 0.455 e. The molecule has 2 rings (SSSR count). The normalized spacial score (nSPS) is 23.0. The minimum absolute atomic E-state index is 0.102. The molecule has 0 aromatic heterocycles. The second kappa shape index (κ2) is 22.6. The van der Waals surface area contributed by atoms with E-state index in [0.29, 0.717) is 12.0 Å². The van der Waals surface area contributed by atoms with Crippen molar-refractivity contribution >= 4 is 5.97 Å². The molecular weight excluding hydrogens is 516 g/mol. The summed E-state index contributed by atoms with van der Waals surface area (Å²) in [4.78, 5) is 11.6. The van der Waals surface area contributed by atoms with Crippen LogP contribution in [-0.4, -0.2) is 57.9 Å². The van der Waals surface area contributed by atoms with Crippen LogP contribution in [0.4, 0.5) is 0 Å². The average Bonchev–Trinajstić information content (AvgIpc) is 3.57. The van der Waals surface area contributed by atoms with Crippen molar-refractivity contribution < 1.29 is 29.6 Å². The van der Waals surface area contributed by atoms with Crippen LogP contribution < -0.4 is 0 Å². The Balaban J connectivity index is 1.37. The number of hydrogen-bond donors (Lipinski definition) is 3. The third kappa shape index (κ3) is 16.5. The first-order chi connectivity index (χ1) is 19.9. The van der Waals surface area contributed by atoms with Crippen molar-refractivity contribution in [3.8, 4) is 0 Å². The number of carbonyl (C=O) groups is 1. The molecule has 0 saturated carbocycles. The Morgan fingerprint density at radius 3 is 1.51 bits per heavy atom. The van der Waals surface area contributed by atoms with Gasteiger partial charge < -0.3 is 24.8 Å². The van der Waals surface area contributed by atoms with Gasteiger partial charge in [-0.2, -0.15) is 0 Å². The highest BCUT2D eigenvalue weighted by molar-refractivity contribution is 5.90. The van der Waals surface area contributed by atoms with Gasteiger partial charge in [-0.15, -0.1) is 0 Å². The smallest absolute Gasteiger partial charge is 0.334 e. The first-order valence-electron chi connectivity index (χ1n) is 17.5. The van der Waals surface area contributed by atoms with Crippen LogP contribution in [0.25, 0.3) is 0 Å². The van der Waals surface area contributed by atoms with Crippen LogP contribution in [0.5, 0.6) is 0 Å². The van der Waals surface area contributed by atoms with Gasteiger partial charge in [0, 0.05) is 12.0 Å². The Hall–Kier alpha value is -0.950. The number of unbranched alkanes of at least 4 members (excludes halogenated alkanes) is 16. The maximum absolute atomic E-state index is 11.6. The quantitative estimate of drug-likeness (QED) is 0.0707. The molecular formula is C35H64O6. The van der Waals surface area contributed by atoms with E-state index in [1.54, 1.807) is 0 Å². The summed E-state index contributed by atoms with van der Waals surface area (Å²) in [5.41, 5.74) is 0.617. The van der Waals surface area contributed by atoms with Gasteiger partial charge >= 0.3 is 5.97 Å². The molecule has 240 valence electrons. The van der Waals surface area contributed by atoms with E-state index < -0.39 is 18.3 Å². The van der Waals surface area contributed by atoms with Crippen molar-refractivity contribution in [2.24, 2.45) is 0 Å². The summed E-state index contributed by atoms with van der Waals surface area (Å²) < 4.78 is 11.2. The molecule has 0 bridgehead atoms. The molecule has 2 heterocycles. The van der Waals surface area contributed by atoms with Crippen LogP contribution in [0.1, 0.15) is 168 Å². The molecule has 3 N–H and O–H groups in total. The van der Waals surface area contributed by atoms with E-state index in [9.17, 15) is 20.1 Å². The van der Waals surface area contributed by atoms with E-state index in [2.05, 4.69) is 6.92 Å². The van der Waals surface area contributed by atoms with E-state index in [-0.39, 0.29) is 24.3 Å². The first-order valence-corrected chi connectivity index (χ1v) is 17.5. The highest BCUT2D eigenvalue weighted by atomic mass is 16.5. The van der Waals surface area contributed by atoms with Crippen molar-refractivity contribution in [1.82, 2.24) is 0 Å². The van der Waals surface area contributed by atoms with Gasteiger partial charge in [0.1, 0.15) is 6.10 Å². The number of cyclic esters (lactones) is 1. The first kappa shape index (κ1) is 36.2. The van der Waals surface area contributed by atoms with Gasteiger partial charge in [-0.05, 0) is 45.1 Å². The molecule has 0 aliphatic carbocycles. The number of esters is 1. The third-order valence-corrected chi connectivity index (χ3v) is 9.03. The lowest BCUT2D eigenvalue weighted by atomic mass is 9.99.